The molecule has 0 radical (unpaired) electrons. The van der Waals surface area contributed by atoms with Crippen LogP contribution < -0.4 is 5.32 Å². The van der Waals surface area contributed by atoms with Crippen molar-refractivity contribution in [1.29, 1.82) is 0 Å². The Morgan fingerprint density at radius 3 is 2.89 bits per heavy atom. The summed E-state index contributed by atoms with van der Waals surface area (Å²) < 4.78 is 1.78. The average molecular weight is 387 g/mol. The summed E-state index contributed by atoms with van der Waals surface area (Å²) in [5.41, 5.74) is 5.34. The first-order chi connectivity index (χ1) is 13.8. The maximum absolute atomic E-state index is 12.5. The number of thiazole rings is 1. The quantitative estimate of drug-likeness (QED) is 0.571. The molecule has 0 bridgehead atoms. The largest absolute Gasteiger partial charge is 0.298 e. The third kappa shape index (κ3) is 3.20. The number of nitrogens with one attached hydrogen (secondary N) is 1. The van der Waals surface area contributed by atoms with Gasteiger partial charge in [-0.05, 0) is 48.6 Å². The number of pyridine rings is 1. The highest BCUT2D eigenvalue weighted by molar-refractivity contribution is 7.14. The normalized spacial score (nSPS) is 12.7. The molecule has 0 fully saturated rings. The molecular weight excluding hydrogens is 370 g/mol. The number of rotatable bonds is 4. The Hall–Kier alpha value is -3.32. The number of hydrogen-bond acceptors (Lipinski definition) is 5. The van der Waals surface area contributed by atoms with Crippen molar-refractivity contribution in [1.82, 2.24) is 19.5 Å². The maximum atomic E-state index is 12.5. The van der Waals surface area contributed by atoms with E-state index in [1.807, 2.05) is 5.38 Å². The summed E-state index contributed by atoms with van der Waals surface area (Å²) >= 11 is 1.43. The van der Waals surface area contributed by atoms with E-state index in [0.29, 0.717) is 16.5 Å². The van der Waals surface area contributed by atoms with Crippen LogP contribution in [-0.4, -0.2) is 25.4 Å². The fraction of sp³-hybridized carbons (Fsp3) is 0.143. The second-order valence-corrected chi connectivity index (χ2v) is 7.56. The van der Waals surface area contributed by atoms with Gasteiger partial charge in [-0.25, -0.2) is 15.0 Å². The predicted molar refractivity (Wildman–Crippen MR) is 109 cm³/mol. The van der Waals surface area contributed by atoms with Gasteiger partial charge >= 0.3 is 0 Å². The Morgan fingerprint density at radius 1 is 1.14 bits per heavy atom. The standard InChI is InChI=1S/C21H17N5OS/c27-20(17-6-7-19(23-11-17)26-9-8-22-13-26)25-21-24-18(12-28-21)16-5-4-14-2-1-3-15(14)10-16/h4-13H,1-3H2,(H,24,25,27). The van der Waals surface area contributed by atoms with E-state index in [2.05, 4.69) is 38.5 Å². The molecule has 3 heterocycles. The van der Waals surface area contributed by atoms with E-state index in [-0.39, 0.29) is 5.91 Å². The maximum Gasteiger partial charge on any atom is 0.259 e. The first-order valence-corrected chi connectivity index (χ1v) is 9.98. The molecule has 4 aromatic rings. The van der Waals surface area contributed by atoms with Crippen molar-refractivity contribution < 1.29 is 4.79 Å². The zero-order valence-corrected chi connectivity index (χ0v) is 15.8. The molecule has 0 unspecified atom stereocenters. The molecule has 0 atom stereocenters. The molecule has 28 heavy (non-hydrogen) atoms. The first-order valence-electron chi connectivity index (χ1n) is 9.10. The van der Waals surface area contributed by atoms with Crippen LogP contribution in [0.5, 0.6) is 0 Å². The van der Waals surface area contributed by atoms with Gasteiger partial charge in [-0.1, -0.05) is 12.1 Å². The number of imidazole rings is 1. The molecule has 6 nitrogen and oxygen atoms in total. The molecule has 1 amide bonds. The van der Waals surface area contributed by atoms with E-state index in [1.165, 1.54) is 35.3 Å². The molecule has 3 aromatic heterocycles. The molecule has 1 aliphatic rings. The highest BCUT2D eigenvalue weighted by Crippen LogP contribution is 2.30. The fourth-order valence-corrected chi connectivity index (χ4v) is 4.15. The van der Waals surface area contributed by atoms with Crippen LogP contribution in [0, 0.1) is 0 Å². The number of aromatic nitrogens is 4. The van der Waals surface area contributed by atoms with Crippen LogP contribution in [0.15, 0.2) is 60.6 Å². The number of nitrogens with zero attached hydrogens (tertiary/aromatic N) is 4. The van der Waals surface area contributed by atoms with Crippen LogP contribution in [0.1, 0.15) is 27.9 Å². The average Bonchev–Trinajstić information content (AvgIpc) is 3.48. The van der Waals surface area contributed by atoms with E-state index in [1.54, 1.807) is 41.6 Å². The van der Waals surface area contributed by atoms with Crippen LogP contribution in [-0.2, 0) is 12.8 Å². The molecule has 0 spiro atoms. The Kier molecular flexibility index (Phi) is 4.21. The van der Waals surface area contributed by atoms with Crippen molar-refractivity contribution >= 4 is 22.4 Å². The van der Waals surface area contributed by atoms with Crippen molar-refractivity contribution in [3.05, 3.63) is 77.3 Å². The summed E-state index contributed by atoms with van der Waals surface area (Å²) in [6.07, 6.45) is 10.2. The number of amides is 1. The number of carbonyl (C=O) groups is 1. The third-order valence-electron chi connectivity index (χ3n) is 4.90. The molecule has 138 valence electrons. The molecule has 1 aliphatic carbocycles. The molecule has 1 N–H and O–H groups in total. The van der Waals surface area contributed by atoms with Crippen molar-refractivity contribution in [3.8, 4) is 17.1 Å². The molecule has 0 saturated heterocycles. The van der Waals surface area contributed by atoms with E-state index >= 15 is 0 Å². The van der Waals surface area contributed by atoms with Gasteiger partial charge < -0.3 is 0 Å². The highest BCUT2D eigenvalue weighted by atomic mass is 32.1. The molecule has 0 aliphatic heterocycles. The van der Waals surface area contributed by atoms with Gasteiger partial charge in [0.1, 0.15) is 12.1 Å². The van der Waals surface area contributed by atoms with Crippen LogP contribution in [0.25, 0.3) is 17.1 Å². The summed E-state index contributed by atoms with van der Waals surface area (Å²) in [5.74, 6) is 0.488. The predicted octanol–water partition coefficient (Wildman–Crippen LogP) is 4.13. The van der Waals surface area contributed by atoms with Crippen LogP contribution in [0.2, 0.25) is 0 Å². The summed E-state index contributed by atoms with van der Waals surface area (Å²) in [5, 5.41) is 5.43. The number of hydrogen-bond donors (Lipinski definition) is 1. The highest BCUT2D eigenvalue weighted by Gasteiger charge is 2.14. The summed E-state index contributed by atoms with van der Waals surface area (Å²) in [6, 6.07) is 10.1. The van der Waals surface area contributed by atoms with Gasteiger partial charge in [-0.2, -0.15) is 0 Å². The van der Waals surface area contributed by atoms with Gasteiger partial charge in [-0.15, -0.1) is 11.3 Å². The molecule has 7 heteroatoms. The number of carbonyl (C=O) groups excluding carboxylic acids is 1. The van der Waals surface area contributed by atoms with Crippen molar-refractivity contribution in [2.24, 2.45) is 0 Å². The Bertz CT molecular complexity index is 1130. The third-order valence-corrected chi connectivity index (χ3v) is 5.66. The Morgan fingerprint density at radius 2 is 2.07 bits per heavy atom. The summed E-state index contributed by atoms with van der Waals surface area (Å²) in [7, 11) is 0. The van der Waals surface area contributed by atoms with Crippen LogP contribution in [0.4, 0.5) is 5.13 Å². The fourth-order valence-electron chi connectivity index (χ4n) is 3.43. The molecular formula is C21H17N5OS. The van der Waals surface area contributed by atoms with Gasteiger partial charge in [0.05, 0.1) is 11.3 Å². The van der Waals surface area contributed by atoms with Gasteiger partial charge in [0.15, 0.2) is 5.13 Å². The van der Waals surface area contributed by atoms with E-state index < -0.39 is 0 Å². The number of aryl methyl sites for hydroxylation is 2. The van der Waals surface area contributed by atoms with Gasteiger partial charge in [0.25, 0.3) is 5.91 Å². The van der Waals surface area contributed by atoms with Gasteiger partial charge in [-0.3, -0.25) is 14.7 Å². The van der Waals surface area contributed by atoms with E-state index in [9.17, 15) is 4.79 Å². The molecule has 0 saturated carbocycles. The van der Waals surface area contributed by atoms with Gasteiger partial charge in [0.2, 0.25) is 0 Å². The van der Waals surface area contributed by atoms with Crippen LogP contribution in [0.3, 0.4) is 0 Å². The number of fused-ring (bicyclic) bond motifs is 1. The second-order valence-electron chi connectivity index (χ2n) is 6.70. The lowest BCUT2D eigenvalue weighted by molar-refractivity contribution is 0.102. The van der Waals surface area contributed by atoms with E-state index in [0.717, 1.165) is 17.7 Å². The first kappa shape index (κ1) is 16.8. The zero-order chi connectivity index (χ0) is 18.9. The minimum Gasteiger partial charge on any atom is -0.298 e. The monoisotopic (exact) mass is 387 g/mol. The van der Waals surface area contributed by atoms with Crippen molar-refractivity contribution in [3.63, 3.8) is 0 Å². The minimum atomic E-state index is -0.223. The van der Waals surface area contributed by atoms with E-state index in [4.69, 9.17) is 0 Å². The molecule has 5 rings (SSSR count). The summed E-state index contributed by atoms with van der Waals surface area (Å²) in [6.45, 7) is 0. The lowest BCUT2D eigenvalue weighted by atomic mass is 10.1. The minimum absolute atomic E-state index is 0.223. The number of anilines is 1. The van der Waals surface area contributed by atoms with Crippen molar-refractivity contribution in [2.45, 2.75) is 19.3 Å². The Labute approximate surface area is 165 Å². The second kappa shape index (κ2) is 7.01. The lowest BCUT2D eigenvalue weighted by Crippen LogP contribution is -2.12. The molecule has 1 aromatic carbocycles. The summed E-state index contributed by atoms with van der Waals surface area (Å²) in [4.78, 5) is 25.4. The SMILES string of the molecule is O=C(Nc1nc(-c2ccc3c(c2)CCC3)cs1)c1ccc(-n2ccnc2)nc1. The topological polar surface area (TPSA) is 72.7 Å². The number of benzene rings is 1. The smallest absolute Gasteiger partial charge is 0.259 e. The lowest BCUT2D eigenvalue weighted by Gasteiger charge is -2.04. The zero-order valence-electron chi connectivity index (χ0n) is 15.0. The van der Waals surface area contributed by atoms with Crippen molar-refractivity contribution in [2.75, 3.05) is 5.32 Å². The van der Waals surface area contributed by atoms with Gasteiger partial charge in [0, 0.05) is 29.5 Å². The Balaban J connectivity index is 1.31. The van der Waals surface area contributed by atoms with Crippen LogP contribution >= 0.6 is 11.3 Å².